The molecule has 0 amide bonds. The quantitative estimate of drug-likeness (QED) is 0.729. The number of aliphatic hydroxyl groups is 1. The zero-order valence-electron chi connectivity index (χ0n) is 14.5. The minimum Gasteiger partial charge on any atom is -0.384 e. The van der Waals surface area contributed by atoms with Gasteiger partial charge in [-0.15, -0.1) is 0 Å². The van der Waals surface area contributed by atoms with Crippen LogP contribution in [0.15, 0.2) is 60.7 Å². The van der Waals surface area contributed by atoms with Crippen LogP contribution in [-0.2, 0) is 5.60 Å². The van der Waals surface area contributed by atoms with Gasteiger partial charge in [0.15, 0.2) is 0 Å². The molecule has 1 heterocycles. The summed E-state index contributed by atoms with van der Waals surface area (Å²) < 4.78 is 1.92. The maximum absolute atomic E-state index is 10.8. The molecule has 0 fully saturated rings. The molecule has 0 aliphatic heterocycles. The lowest BCUT2D eigenvalue weighted by atomic mass is 9.96. The van der Waals surface area contributed by atoms with Gasteiger partial charge in [-0.3, -0.25) is 0 Å². The molecule has 1 N–H and O–H groups in total. The van der Waals surface area contributed by atoms with E-state index in [1.165, 1.54) is 5.56 Å². The molecule has 3 nitrogen and oxygen atoms in total. The monoisotopic (exact) mass is 320 g/mol. The van der Waals surface area contributed by atoms with Gasteiger partial charge in [-0.2, -0.15) is 5.10 Å². The van der Waals surface area contributed by atoms with Gasteiger partial charge in [0.25, 0.3) is 0 Å². The van der Waals surface area contributed by atoms with Crippen molar-refractivity contribution in [3.8, 4) is 16.9 Å². The number of aromatic nitrogens is 2. The second kappa shape index (κ2) is 6.62. The summed E-state index contributed by atoms with van der Waals surface area (Å²) in [5, 5.41) is 15.5. The van der Waals surface area contributed by atoms with Crippen molar-refractivity contribution in [2.45, 2.75) is 39.2 Å². The smallest absolute Gasteiger partial charge is 0.106 e. The Morgan fingerprint density at radius 1 is 1.04 bits per heavy atom. The molecule has 0 saturated carbocycles. The fourth-order valence-corrected chi connectivity index (χ4v) is 2.96. The molecule has 0 bridgehead atoms. The van der Waals surface area contributed by atoms with Crippen LogP contribution < -0.4 is 0 Å². The predicted molar refractivity (Wildman–Crippen MR) is 98.2 cm³/mol. The first kappa shape index (κ1) is 16.5. The lowest BCUT2D eigenvalue weighted by Crippen LogP contribution is -2.21. The summed E-state index contributed by atoms with van der Waals surface area (Å²) >= 11 is 0. The fourth-order valence-electron chi connectivity index (χ4n) is 2.96. The fraction of sp³-hybridized carbons (Fsp3) is 0.286. The van der Waals surface area contributed by atoms with E-state index in [1.807, 2.05) is 35.9 Å². The third-order valence-corrected chi connectivity index (χ3v) is 4.35. The Bertz CT molecular complexity index is 802. The summed E-state index contributed by atoms with van der Waals surface area (Å²) in [5.74, 6) is 0. The molecule has 1 unspecified atom stereocenters. The highest BCUT2D eigenvalue weighted by atomic mass is 16.3. The molecule has 3 heteroatoms. The number of rotatable bonds is 5. The topological polar surface area (TPSA) is 38.0 Å². The molecule has 2 aromatic carbocycles. The van der Waals surface area contributed by atoms with Crippen molar-refractivity contribution in [2.24, 2.45) is 0 Å². The average Bonchev–Trinajstić information content (AvgIpc) is 3.02. The van der Waals surface area contributed by atoms with E-state index in [0.717, 1.165) is 23.4 Å². The summed E-state index contributed by atoms with van der Waals surface area (Å²) in [4.78, 5) is 0. The van der Waals surface area contributed by atoms with E-state index in [4.69, 9.17) is 5.10 Å². The molecule has 0 radical (unpaired) electrons. The zero-order chi connectivity index (χ0) is 17.2. The molecule has 3 aromatic rings. The van der Waals surface area contributed by atoms with E-state index in [-0.39, 0.29) is 0 Å². The molecule has 0 spiro atoms. The van der Waals surface area contributed by atoms with Crippen molar-refractivity contribution in [2.75, 3.05) is 0 Å². The number of benzene rings is 2. The Morgan fingerprint density at radius 2 is 1.71 bits per heavy atom. The maximum Gasteiger partial charge on any atom is 0.106 e. The lowest BCUT2D eigenvalue weighted by molar-refractivity contribution is 0.0421. The van der Waals surface area contributed by atoms with E-state index in [2.05, 4.69) is 50.2 Å². The largest absolute Gasteiger partial charge is 0.384 e. The summed E-state index contributed by atoms with van der Waals surface area (Å²) in [7, 11) is 0. The van der Waals surface area contributed by atoms with E-state index < -0.39 is 5.60 Å². The second-order valence-electron chi connectivity index (χ2n) is 6.55. The highest BCUT2D eigenvalue weighted by molar-refractivity contribution is 5.63. The van der Waals surface area contributed by atoms with Gasteiger partial charge in [-0.1, -0.05) is 61.4 Å². The van der Waals surface area contributed by atoms with E-state index in [9.17, 15) is 5.11 Å². The van der Waals surface area contributed by atoms with E-state index in [1.54, 1.807) is 0 Å². The van der Waals surface area contributed by atoms with Crippen molar-refractivity contribution >= 4 is 0 Å². The lowest BCUT2D eigenvalue weighted by Gasteiger charge is -2.19. The molecular formula is C21H24N2O. The van der Waals surface area contributed by atoms with Crippen LogP contribution in [0.3, 0.4) is 0 Å². The third-order valence-electron chi connectivity index (χ3n) is 4.35. The van der Waals surface area contributed by atoms with Gasteiger partial charge in [-0.25, -0.2) is 4.68 Å². The molecular weight excluding hydrogens is 296 g/mol. The van der Waals surface area contributed by atoms with Gasteiger partial charge in [-0.05, 0) is 38.5 Å². The van der Waals surface area contributed by atoms with Crippen molar-refractivity contribution in [1.29, 1.82) is 0 Å². The highest BCUT2D eigenvalue weighted by Crippen LogP contribution is 2.31. The first-order valence-electron chi connectivity index (χ1n) is 8.46. The van der Waals surface area contributed by atoms with Crippen LogP contribution in [0.1, 0.15) is 37.9 Å². The normalized spacial score (nSPS) is 13.7. The van der Waals surface area contributed by atoms with Crippen LogP contribution in [0.25, 0.3) is 16.9 Å². The van der Waals surface area contributed by atoms with Crippen molar-refractivity contribution in [3.05, 3.63) is 71.9 Å². The number of nitrogens with zero attached hydrogens (tertiary/aromatic N) is 2. The molecule has 1 aromatic heterocycles. The van der Waals surface area contributed by atoms with Gasteiger partial charge in [0.1, 0.15) is 5.60 Å². The molecule has 124 valence electrons. The minimum atomic E-state index is -0.922. The van der Waals surface area contributed by atoms with Gasteiger partial charge in [0.05, 0.1) is 17.1 Å². The Morgan fingerprint density at radius 3 is 2.33 bits per heavy atom. The summed E-state index contributed by atoms with van der Waals surface area (Å²) in [6.07, 6.45) is 1.59. The maximum atomic E-state index is 10.8. The zero-order valence-corrected chi connectivity index (χ0v) is 14.5. The Kier molecular flexibility index (Phi) is 4.54. The molecule has 0 aliphatic rings. The second-order valence-corrected chi connectivity index (χ2v) is 6.55. The summed E-state index contributed by atoms with van der Waals surface area (Å²) in [5.41, 5.74) is 4.08. The van der Waals surface area contributed by atoms with Crippen LogP contribution in [-0.4, -0.2) is 14.9 Å². The highest BCUT2D eigenvalue weighted by Gasteiger charge is 2.27. The first-order chi connectivity index (χ1) is 11.5. The van der Waals surface area contributed by atoms with Crippen LogP contribution in [0, 0.1) is 6.92 Å². The van der Waals surface area contributed by atoms with Crippen molar-refractivity contribution in [3.63, 3.8) is 0 Å². The predicted octanol–water partition coefficient (Wildman–Crippen LogP) is 4.86. The Balaban J connectivity index is 2.15. The van der Waals surface area contributed by atoms with E-state index in [0.29, 0.717) is 12.1 Å². The van der Waals surface area contributed by atoms with Crippen molar-refractivity contribution < 1.29 is 5.11 Å². The Labute approximate surface area is 143 Å². The van der Waals surface area contributed by atoms with Crippen LogP contribution in [0.5, 0.6) is 0 Å². The van der Waals surface area contributed by atoms with Crippen LogP contribution in [0.2, 0.25) is 0 Å². The molecule has 0 saturated heterocycles. The number of hydrogen-bond acceptors (Lipinski definition) is 2. The van der Waals surface area contributed by atoms with Crippen LogP contribution in [0.4, 0.5) is 0 Å². The first-order valence-corrected chi connectivity index (χ1v) is 8.46. The molecule has 0 aliphatic carbocycles. The van der Waals surface area contributed by atoms with Gasteiger partial charge in [0, 0.05) is 5.56 Å². The summed E-state index contributed by atoms with van der Waals surface area (Å²) in [6.45, 7) is 5.99. The van der Waals surface area contributed by atoms with E-state index >= 15 is 0 Å². The number of hydrogen-bond donors (Lipinski definition) is 1. The summed E-state index contributed by atoms with van der Waals surface area (Å²) in [6, 6.07) is 20.5. The molecule has 1 atom stereocenters. The van der Waals surface area contributed by atoms with Gasteiger partial charge in [0.2, 0.25) is 0 Å². The Hall–Kier alpha value is -2.39. The molecule has 3 rings (SSSR count). The standard InChI is InChI=1S/C21H24N2O/c1-4-14-21(3,24)20-15-19(17-8-6-5-7-9-17)23(22-20)18-12-10-16(2)11-13-18/h5-13,15,24H,4,14H2,1-3H3. The van der Waals surface area contributed by atoms with Crippen molar-refractivity contribution in [1.82, 2.24) is 9.78 Å². The van der Waals surface area contributed by atoms with Gasteiger partial charge >= 0.3 is 0 Å². The minimum absolute atomic E-state index is 0.687. The van der Waals surface area contributed by atoms with Crippen LogP contribution >= 0.6 is 0 Å². The van der Waals surface area contributed by atoms with Gasteiger partial charge < -0.3 is 5.11 Å². The third kappa shape index (κ3) is 3.26. The molecule has 24 heavy (non-hydrogen) atoms. The average molecular weight is 320 g/mol. The number of aryl methyl sites for hydroxylation is 1. The SMILES string of the molecule is CCCC(C)(O)c1cc(-c2ccccc2)n(-c2ccc(C)cc2)n1.